The van der Waals surface area contributed by atoms with Crippen molar-refractivity contribution in [2.45, 2.75) is 39.7 Å². The van der Waals surface area contributed by atoms with E-state index in [0.717, 1.165) is 18.7 Å². The van der Waals surface area contributed by atoms with E-state index in [1.165, 1.54) is 0 Å². The Labute approximate surface area is 103 Å². The van der Waals surface area contributed by atoms with Gasteiger partial charge in [0.05, 0.1) is 11.3 Å². The van der Waals surface area contributed by atoms with E-state index in [2.05, 4.69) is 22.5 Å². The Kier molecular flexibility index (Phi) is 4.49. The minimum atomic E-state index is -0.198. The third-order valence-electron chi connectivity index (χ3n) is 2.77. The Morgan fingerprint density at radius 2 is 2.12 bits per heavy atom. The van der Waals surface area contributed by atoms with Gasteiger partial charge in [0.1, 0.15) is 0 Å². The molecule has 1 amide bonds. The molecule has 0 fully saturated rings. The molecule has 1 rings (SSSR count). The van der Waals surface area contributed by atoms with Crippen molar-refractivity contribution in [2.24, 2.45) is 0 Å². The molecule has 4 heteroatoms. The van der Waals surface area contributed by atoms with Crippen LogP contribution in [0.5, 0.6) is 0 Å². The van der Waals surface area contributed by atoms with Crippen molar-refractivity contribution in [3.05, 3.63) is 24.0 Å². The van der Waals surface area contributed by atoms with Crippen LogP contribution < -0.4 is 10.6 Å². The van der Waals surface area contributed by atoms with Crippen molar-refractivity contribution in [3.8, 4) is 0 Å². The molecule has 0 radical (unpaired) electrons. The molecular formula is C13H21N3O. The number of anilines is 1. The van der Waals surface area contributed by atoms with Crippen molar-refractivity contribution >= 4 is 11.6 Å². The molecule has 0 aliphatic heterocycles. The summed E-state index contributed by atoms with van der Waals surface area (Å²) < 4.78 is 0. The number of amides is 1. The first-order valence-corrected chi connectivity index (χ1v) is 6.00. The standard InChI is InChI=1S/C13H21N3O/c1-5-13(3,4)16-12(17)10-9-14-8-7-11(10)15-6-2/h7-9H,5-6H2,1-4H3,(H,14,15)(H,16,17). The van der Waals surface area contributed by atoms with Crippen LogP contribution >= 0.6 is 0 Å². The zero-order valence-corrected chi connectivity index (χ0v) is 11.0. The largest absolute Gasteiger partial charge is 0.385 e. The normalized spacial score (nSPS) is 11.1. The summed E-state index contributed by atoms with van der Waals surface area (Å²) in [6, 6.07) is 1.82. The minimum Gasteiger partial charge on any atom is -0.385 e. The Hall–Kier alpha value is -1.58. The Morgan fingerprint density at radius 1 is 1.41 bits per heavy atom. The first-order chi connectivity index (χ1) is 8.00. The molecule has 1 heterocycles. The van der Waals surface area contributed by atoms with Gasteiger partial charge in [0.2, 0.25) is 0 Å². The molecule has 0 atom stereocenters. The molecule has 17 heavy (non-hydrogen) atoms. The molecule has 0 saturated carbocycles. The first kappa shape index (κ1) is 13.5. The number of aromatic nitrogens is 1. The minimum absolute atomic E-state index is 0.0825. The van der Waals surface area contributed by atoms with Crippen molar-refractivity contribution in [1.82, 2.24) is 10.3 Å². The molecule has 2 N–H and O–H groups in total. The smallest absolute Gasteiger partial charge is 0.255 e. The SMILES string of the molecule is CCNc1ccncc1C(=O)NC(C)(C)CC. The topological polar surface area (TPSA) is 54.0 Å². The average molecular weight is 235 g/mol. The quantitative estimate of drug-likeness (QED) is 0.824. The van der Waals surface area contributed by atoms with E-state index in [1.807, 2.05) is 26.8 Å². The van der Waals surface area contributed by atoms with Gasteiger partial charge in [-0.2, -0.15) is 0 Å². The van der Waals surface area contributed by atoms with Gasteiger partial charge in [0, 0.05) is 24.5 Å². The number of rotatable bonds is 5. The summed E-state index contributed by atoms with van der Waals surface area (Å²) in [6.07, 6.45) is 4.16. The van der Waals surface area contributed by atoms with Gasteiger partial charge in [-0.3, -0.25) is 9.78 Å². The van der Waals surface area contributed by atoms with Crippen LogP contribution in [0.25, 0.3) is 0 Å². The van der Waals surface area contributed by atoms with Crippen LogP contribution in [0.15, 0.2) is 18.5 Å². The highest BCUT2D eigenvalue weighted by Crippen LogP contribution is 2.15. The number of carbonyl (C=O) groups is 1. The molecule has 0 spiro atoms. The number of nitrogens with zero attached hydrogens (tertiary/aromatic N) is 1. The molecule has 0 bridgehead atoms. The third kappa shape index (κ3) is 3.73. The van der Waals surface area contributed by atoms with E-state index in [1.54, 1.807) is 12.4 Å². The molecule has 94 valence electrons. The summed E-state index contributed by atoms with van der Waals surface area (Å²) in [5.41, 5.74) is 1.22. The fraction of sp³-hybridized carbons (Fsp3) is 0.538. The van der Waals surface area contributed by atoms with E-state index >= 15 is 0 Å². The molecule has 0 unspecified atom stereocenters. The lowest BCUT2D eigenvalue weighted by Gasteiger charge is -2.25. The number of hydrogen-bond donors (Lipinski definition) is 2. The van der Waals surface area contributed by atoms with E-state index in [9.17, 15) is 4.79 Å². The van der Waals surface area contributed by atoms with Crippen LogP contribution in [-0.2, 0) is 0 Å². The number of hydrogen-bond acceptors (Lipinski definition) is 3. The fourth-order valence-corrected chi connectivity index (χ4v) is 1.38. The van der Waals surface area contributed by atoms with Crippen molar-refractivity contribution < 1.29 is 4.79 Å². The summed E-state index contributed by atoms with van der Waals surface area (Å²) in [5, 5.41) is 6.16. The van der Waals surface area contributed by atoms with E-state index < -0.39 is 0 Å². The maximum Gasteiger partial charge on any atom is 0.255 e. The van der Waals surface area contributed by atoms with Gasteiger partial charge in [-0.25, -0.2) is 0 Å². The van der Waals surface area contributed by atoms with Gasteiger partial charge < -0.3 is 10.6 Å². The summed E-state index contributed by atoms with van der Waals surface area (Å²) in [4.78, 5) is 16.1. The summed E-state index contributed by atoms with van der Waals surface area (Å²) >= 11 is 0. The van der Waals surface area contributed by atoms with Gasteiger partial charge in [0.25, 0.3) is 5.91 Å². The second-order valence-corrected chi connectivity index (χ2v) is 4.64. The summed E-state index contributed by atoms with van der Waals surface area (Å²) in [7, 11) is 0. The second-order valence-electron chi connectivity index (χ2n) is 4.64. The van der Waals surface area contributed by atoms with E-state index in [-0.39, 0.29) is 11.4 Å². The molecule has 1 aromatic rings. The molecule has 0 aliphatic rings. The van der Waals surface area contributed by atoms with Crippen LogP contribution in [0.3, 0.4) is 0 Å². The van der Waals surface area contributed by atoms with Crippen LogP contribution in [0, 0.1) is 0 Å². The second kappa shape index (κ2) is 5.66. The van der Waals surface area contributed by atoms with Crippen LogP contribution in [0.2, 0.25) is 0 Å². The van der Waals surface area contributed by atoms with Crippen LogP contribution in [0.4, 0.5) is 5.69 Å². The zero-order chi connectivity index (χ0) is 12.9. The molecule has 1 aromatic heterocycles. The van der Waals surface area contributed by atoms with E-state index in [0.29, 0.717) is 5.56 Å². The fourth-order valence-electron chi connectivity index (χ4n) is 1.38. The maximum atomic E-state index is 12.1. The third-order valence-corrected chi connectivity index (χ3v) is 2.77. The van der Waals surface area contributed by atoms with Crippen molar-refractivity contribution in [2.75, 3.05) is 11.9 Å². The first-order valence-electron chi connectivity index (χ1n) is 6.00. The molecule has 0 saturated heterocycles. The highest BCUT2D eigenvalue weighted by molar-refractivity contribution is 5.99. The van der Waals surface area contributed by atoms with Gasteiger partial charge in [-0.1, -0.05) is 6.92 Å². The predicted molar refractivity (Wildman–Crippen MR) is 70.2 cm³/mol. The van der Waals surface area contributed by atoms with E-state index in [4.69, 9.17) is 0 Å². The van der Waals surface area contributed by atoms with Crippen LogP contribution in [-0.4, -0.2) is 23.0 Å². The number of carbonyl (C=O) groups excluding carboxylic acids is 1. The molecule has 0 aromatic carbocycles. The molecular weight excluding hydrogens is 214 g/mol. The van der Waals surface area contributed by atoms with Crippen molar-refractivity contribution in [3.63, 3.8) is 0 Å². The highest BCUT2D eigenvalue weighted by atomic mass is 16.1. The number of nitrogens with one attached hydrogen (secondary N) is 2. The van der Waals surface area contributed by atoms with Gasteiger partial charge >= 0.3 is 0 Å². The predicted octanol–water partition coefficient (Wildman–Crippen LogP) is 2.43. The lowest BCUT2D eigenvalue weighted by molar-refractivity contribution is 0.0911. The number of pyridine rings is 1. The van der Waals surface area contributed by atoms with Gasteiger partial charge in [-0.15, -0.1) is 0 Å². The summed E-state index contributed by atoms with van der Waals surface area (Å²) in [5.74, 6) is -0.0825. The Bertz CT molecular complexity index is 388. The summed E-state index contributed by atoms with van der Waals surface area (Å²) in [6.45, 7) is 8.84. The Balaban J connectivity index is 2.88. The molecule has 0 aliphatic carbocycles. The average Bonchev–Trinajstić information content (AvgIpc) is 2.29. The highest BCUT2D eigenvalue weighted by Gasteiger charge is 2.20. The van der Waals surface area contributed by atoms with Gasteiger partial charge in [0.15, 0.2) is 0 Å². The Morgan fingerprint density at radius 3 is 2.71 bits per heavy atom. The van der Waals surface area contributed by atoms with Crippen molar-refractivity contribution in [1.29, 1.82) is 0 Å². The zero-order valence-electron chi connectivity index (χ0n) is 11.0. The lowest BCUT2D eigenvalue weighted by atomic mass is 10.0. The maximum absolute atomic E-state index is 12.1. The monoisotopic (exact) mass is 235 g/mol. The molecule has 4 nitrogen and oxygen atoms in total. The van der Waals surface area contributed by atoms with Crippen LogP contribution in [0.1, 0.15) is 44.5 Å². The lowest BCUT2D eigenvalue weighted by Crippen LogP contribution is -2.43. The van der Waals surface area contributed by atoms with Gasteiger partial charge in [-0.05, 0) is 33.3 Å².